The van der Waals surface area contributed by atoms with Crippen molar-refractivity contribution in [3.05, 3.63) is 170 Å². The molecule has 0 saturated heterocycles. The van der Waals surface area contributed by atoms with Gasteiger partial charge in [0.05, 0.1) is 28.3 Å². The minimum Gasteiger partial charge on any atom is -0.308 e. The highest BCUT2D eigenvalue weighted by Crippen LogP contribution is 2.42. The van der Waals surface area contributed by atoms with Crippen molar-refractivity contribution in [2.75, 3.05) is 0 Å². The van der Waals surface area contributed by atoms with Crippen LogP contribution >= 0.6 is 11.3 Å². The van der Waals surface area contributed by atoms with E-state index >= 15 is 0 Å². The molecule has 10 aromatic rings. The Hall–Kier alpha value is -6.43. The van der Waals surface area contributed by atoms with E-state index in [1.807, 2.05) is 91.0 Å². The molecule has 0 N–H and O–H groups in total. The summed E-state index contributed by atoms with van der Waals surface area (Å²) < 4.78 is 46.5. The van der Waals surface area contributed by atoms with Gasteiger partial charge in [-0.15, -0.1) is 11.3 Å². The fourth-order valence-electron chi connectivity index (χ4n) is 6.82. The molecule has 0 unspecified atom stereocenters. The second-order valence-electron chi connectivity index (χ2n) is 12.1. The number of para-hydroxylation sites is 1. The second kappa shape index (κ2) is 11.6. The fourth-order valence-corrected chi connectivity index (χ4v) is 8.06. The third-order valence-electron chi connectivity index (χ3n) is 9.14. The van der Waals surface area contributed by atoms with Gasteiger partial charge in [0.1, 0.15) is 0 Å². The second-order valence-corrected chi connectivity index (χ2v) is 13.1. The van der Waals surface area contributed by atoms with Gasteiger partial charge in [-0.05, 0) is 35.4 Å². The smallest absolute Gasteiger partial charge is 0.164 e. The summed E-state index contributed by atoms with van der Waals surface area (Å²) in [6.45, 7) is 0. The first-order valence-electron chi connectivity index (χ1n) is 18.8. The summed E-state index contributed by atoms with van der Waals surface area (Å²) in [7, 11) is 0. The van der Waals surface area contributed by atoms with Crippen molar-refractivity contribution in [3.8, 4) is 51.0 Å². The third-order valence-corrected chi connectivity index (χ3v) is 10.3. The first kappa shape index (κ1) is 23.8. The first-order valence-corrected chi connectivity index (χ1v) is 17.1. The van der Waals surface area contributed by atoms with Gasteiger partial charge in [0.25, 0.3) is 0 Å². The zero-order valence-corrected chi connectivity index (χ0v) is 27.3. The van der Waals surface area contributed by atoms with Crippen molar-refractivity contribution in [1.29, 1.82) is 0 Å². The SMILES string of the molecule is [2H]c1c([2H])c([2H])c(-c2ccc3c4ccccc4n(-c4cccc5c4sc4cc(-c6nc(-c7ccccc7)nc(-c7ccccc7)n6)ccc45)c3c2)c([2H])c1[2H]. The molecule has 0 radical (unpaired) electrons. The van der Waals surface area contributed by atoms with Gasteiger partial charge in [-0.25, -0.2) is 15.0 Å². The summed E-state index contributed by atoms with van der Waals surface area (Å²) in [6, 6.07) is 45.1. The summed E-state index contributed by atoms with van der Waals surface area (Å²) in [5.41, 5.74) is 6.33. The predicted octanol–water partition coefficient (Wildman–Crippen LogP) is 12.0. The zero-order valence-electron chi connectivity index (χ0n) is 31.5. The van der Waals surface area contributed by atoms with Crippen LogP contribution in [0.5, 0.6) is 0 Å². The Labute approximate surface area is 299 Å². The highest BCUT2D eigenvalue weighted by molar-refractivity contribution is 7.26. The third kappa shape index (κ3) is 4.71. The normalized spacial score (nSPS) is 13.0. The van der Waals surface area contributed by atoms with E-state index in [1.54, 1.807) is 11.3 Å². The van der Waals surface area contributed by atoms with E-state index < -0.39 is 6.04 Å². The van der Waals surface area contributed by atoms with E-state index in [-0.39, 0.29) is 29.7 Å². The Kier molecular flexibility index (Phi) is 5.54. The van der Waals surface area contributed by atoms with Crippen molar-refractivity contribution < 1.29 is 6.85 Å². The number of hydrogen-bond acceptors (Lipinski definition) is 4. The van der Waals surface area contributed by atoms with Gasteiger partial charge in [0, 0.05) is 42.9 Å². The molecule has 3 aromatic heterocycles. The van der Waals surface area contributed by atoms with Gasteiger partial charge in [-0.3, -0.25) is 0 Å². The van der Waals surface area contributed by atoms with Gasteiger partial charge in [0.2, 0.25) is 0 Å². The first-order chi connectivity index (χ1) is 26.9. The maximum absolute atomic E-state index is 8.68. The number of fused-ring (bicyclic) bond motifs is 6. The topological polar surface area (TPSA) is 43.6 Å². The molecule has 0 saturated carbocycles. The van der Waals surface area contributed by atoms with Crippen LogP contribution in [-0.4, -0.2) is 19.5 Å². The molecular weight excluding hydrogens is 629 g/mol. The number of rotatable bonds is 5. The molecule has 50 heavy (non-hydrogen) atoms. The standard InChI is InChI=1S/C45H28N4S/c1-4-13-29(14-5-1)32-23-25-35-34-19-10-11-21-38(34)49(40(35)27-32)39-22-12-20-37-36-26-24-33(28-41(36)50-42(37)39)45-47-43(30-15-6-2-7-16-30)46-44(48-45)31-17-8-3-9-18-31/h1-28H/i1D,4D,5D,13D,14D. The van der Waals surface area contributed by atoms with E-state index in [1.165, 1.54) is 0 Å². The average Bonchev–Trinajstić information content (AvgIpc) is 3.78. The molecule has 4 nitrogen and oxygen atoms in total. The minimum atomic E-state index is -0.405. The van der Waals surface area contributed by atoms with Crippen LogP contribution in [0.3, 0.4) is 0 Å². The molecule has 234 valence electrons. The summed E-state index contributed by atoms with van der Waals surface area (Å²) in [5.74, 6) is 1.81. The van der Waals surface area contributed by atoms with Crippen LogP contribution < -0.4 is 0 Å². The highest BCUT2D eigenvalue weighted by Gasteiger charge is 2.18. The summed E-state index contributed by atoms with van der Waals surface area (Å²) in [4.78, 5) is 14.8. The highest BCUT2D eigenvalue weighted by atomic mass is 32.1. The lowest BCUT2D eigenvalue weighted by Crippen LogP contribution is -1.99. The van der Waals surface area contributed by atoms with Crippen molar-refractivity contribution in [2.24, 2.45) is 0 Å². The maximum atomic E-state index is 8.68. The number of nitrogens with zero attached hydrogens (tertiary/aromatic N) is 4. The number of hydrogen-bond donors (Lipinski definition) is 0. The largest absolute Gasteiger partial charge is 0.308 e. The van der Waals surface area contributed by atoms with Gasteiger partial charge in [-0.1, -0.05) is 145 Å². The molecule has 0 bridgehead atoms. The van der Waals surface area contributed by atoms with Gasteiger partial charge < -0.3 is 4.57 Å². The zero-order chi connectivity index (χ0) is 37.4. The quantitative estimate of drug-likeness (QED) is 0.184. The molecule has 10 rings (SSSR count). The Morgan fingerprint density at radius 2 is 1.04 bits per heavy atom. The van der Waals surface area contributed by atoms with Gasteiger partial charge >= 0.3 is 0 Å². The van der Waals surface area contributed by atoms with Gasteiger partial charge in [-0.2, -0.15) is 0 Å². The molecule has 3 heterocycles. The molecule has 5 heteroatoms. The molecule has 7 aromatic carbocycles. The van der Waals surface area contributed by atoms with Crippen LogP contribution in [0.15, 0.2) is 170 Å². The summed E-state index contributed by atoms with van der Waals surface area (Å²) >= 11 is 1.70. The van der Waals surface area contributed by atoms with Crippen LogP contribution in [0.25, 0.3) is 93.0 Å². The lowest BCUT2D eigenvalue weighted by molar-refractivity contribution is 1.07. The summed E-state index contributed by atoms with van der Waals surface area (Å²) in [5, 5.41) is 4.29. The minimum absolute atomic E-state index is 0.182. The predicted molar refractivity (Wildman–Crippen MR) is 209 cm³/mol. The van der Waals surface area contributed by atoms with Crippen LogP contribution in [0.1, 0.15) is 6.85 Å². The Morgan fingerprint density at radius 3 is 1.78 bits per heavy atom. The average molecular weight is 662 g/mol. The van der Waals surface area contributed by atoms with Crippen LogP contribution in [0.2, 0.25) is 0 Å². The van der Waals surface area contributed by atoms with E-state index in [9.17, 15) is 0 Å². The van der Waals surface area contributed by atoms with Gasteiger partial charge in [0.15, 0.2) is 17.5 Å². The number of benzene rings is 7. The molecule has 0 aliphatic heterocycles. The Morgan fingerprint density at radius 1 is 0.440 bits per heavy atom. The Bertz CT molecular complexity index is 3070. The molecule has 0 spiro atoms. The van der Waals surface area contributed by atoms with E-state index in [2.05, 4.69) is 53.1 Å². The lowest BCUT2D eigenvalue weighted by atomic mass is 10.0. The van der Waals surface area contributed by atoms with Crippen molar-refractivity contribution >= 4 is 53.3 Å². The van der Waals surface area contributed by atoms with E-state index in [0.29, 0.717) is 23.0 Å². The fraction of sp³-hybridized carbons (Fsp3) is 0. The van der Waals surface area contributed by atoms with Crippen LogP contribution in [-0.2, 0) is 0 Å². The molecular formula is C45H28N4S. The Balaban J connectivity index is 1.17. The molecule has 0 amide bonds. The molecule has 0 atom stereocenters. The van der Waals surface area contributed by atoms with Crippen LogP contribution in [0.4, 0.5) is 0 Å². The number of aromatic nitrogens is 4. The van der Waals surface area contributed by atoms with Crippen molar-refractivity contribution in [2.45, 2.75) is 0 Å². The molecule has 0 aliphatic carbocycles. The number of thiophene rings is 1. The lowest BCUT2D eigenvalue weighted by Gasteiger charge is -2.10. The van der Waals surface area contributed by atoms with E-state index in [0.717, 1.165) is 64.4 Å². The molecule has 0 fully saturated rings. The molecule has 0 aliphatic rings. The van der Waals surface area contributed by atoms with E-state index in [4.69, 9.17) is 21.8 Å². The monoisotopic (exact) mass is 661 g/mol. The van der Waals surface area contributed by atoms with Crippen molar-refractivity contribution in [3.63, 3.8) is 0 Å². The van der Waals surface area contributed by atoms with Crippen LogP contribution in [0, 0.1) is 0 Å². The maximum Gasteiger partial charge on any atom is 0.164 e. The summed E-state index contributed by atoms with van der Waals surface area (Å²) in [6.07, 6.45) is 0. The van der Waals surface area contributed by atoms with Crippen molar-refractivity contribution in [1.82, 2.24) is 19.5 Å².